The van der Waals surface area contributed by atoms with Crippen LogP contribution in [0, 0.1) is 0 Å². The van der Waals surface area contributed by atoms with Gasteiger partial charge in [-0.05, 0) is 12.5 Å². The number of hydrogen-bond acceptors (Lipinski definition) is 8. The molecule has 2 amide bonds. The van der Waals surface area contributed by atoms with Gasteiger partial charge >= 0.3 is 11.9 Å². The molecule has 2 aliphatic heterocycles. The molecule has 3 rings (SSSR count). The monoisotopic (exact) mass is 424 g/mol. The third-order valence-electron chi connectivity index (χ3n) is 4.10. The summed E-state index contributed by atoms with van der Waals surface area (Å²) in [4.78, 5) is 52.3. The first kappa shape index (κ1) is 19.9. The number of thiazole rings is 1. The number of nitrogens with one attached hydrogen (secondary N) is 1. The van der Waals surface area contributed by atoms with E-state index in [1.807, 2.05) is 0 Å². The fraction of sp³-hybridized carbons (Fsp3) is 0.312. The van der Waals surface area contributed by atoms with E-state index in [-0.39, 0.29) is 34.9 Å². The fourth-order valence-corrected chi connectivity index (χ4v) is 4.58. The normalized spacial score (nSPS) is 21.4. The van der Waals surface area contributed by atoms with Gasteiger partial charge in [0.15, 0.2) is 5.13 Å². The number of rotatable bonds is 7. The zero-order valence-electron chi connectivity index (χ0n) is 14.3. The molecule has 0 aromatic carbocycles. The van der Waals surface area contributed by atoms with Crippen LogP contribution in [0.4, 0.5) is 5.13 Å². The molecule has 3 heterocycles. The maximum atomic E-state index is 12.8. The van der Waals surface area contributed by atoms with Crippen LogP contribution in [-0.4, -0.2) is 61.0 Å². The van der Waals surface area contributed by atoms with Crippen molar-refractivity contribution in [2.24, 2.45) is 0 Å². The average Bonchev–Trinajstić information content (AvgIpc) is 3.07. The third kappa shape index (κ3) is 3.87. The van der Waals surface area contributed by atoms with Crippen molar-refractivity contribution in [1.82, 2.24) is 15.2 Å². The van der Waals surface area contributed by atoms with Crippen LogP contribution in [0.2, 0.25) is 0 Å². The van der Waals surface area contributed by atoms with Gasteiger partial charge in [-0.25, -0.2) is 9.78 Å². The van der Waals surface area contributed by atoms with Crippen molar-refractivity contribution >= 4 is 57.6 Å². The van der Waals surface area contributed by atoms with E-state index in [9.17, 15) is 24.3 Å². The highest BCUT2D eigenvalue weighted by molar-refractivity contribution is 8.00. The Kier molecular flexibility index (Phi) is 5.70. The van der Waals surface area contributed by atoms with E-state index < -0.39 is 35.2 Å². The number of aliphatic carboxylic acids is 2. The Morgan fingerprint density at radius 3 is 2.75 bits per heavy atom. The number of carboxylic acids is 2. The van der Waals surface area contributed by atoms with Gasteiger partial charge in [0.1, 0.15) is 17.1 Å². The highest BCUT2D eigenvalue weighted by Crippen LogP contribution is 2.37. The van der Waals surface area contributed by atoms with Gasteiger partial charge in [0, 0.05) is 17.6 Å². The summed E-state index contributed by atoms with van der Waals surface area (Å²) < 4.78 is 0. The maximum absolute atomic E-state index is 12.8. The van der Waals surface area contributed by atoms with Crippen molar-refractivity contribution in [3.8, 4) is 0 Å². The van der Waals surface area contributed by atoms with Gasteiger partial charge in [-0.1, -0.05) is 6.08 Å². The standard InChI is InChI=1S/C16H16N4O6S2/c17-16-18-8(6-28-16)7(2-1-3-10(21)22)12(23)19-11-13(24)20-9(15(25)26)4-5-27-14(11)20/h2,4,6,11,14H,1,3,5H2,(H2,17,18)(H,19,23)(H,21,22)(H,25,26)/b7-2+/t11-,14-/m1/s1. The van der Waals surface area contributed by atoms with Gasteiger partial charge in [-0.3, -0.25) is 19.3 Å². The Hall–Kier alpha value is -2.86. The molecule has 0 aliphatic carbocycles. The van der Waals surface area contributed by atoms with Crippen molar-refractivity contribution in [3.63, 3.8) is 0 Å². The van der Waals surface area contributed by atoms with Crippen LogP contribution in [0.1, 0.15) is 18.5 Å². The minimum absolute atomic E-state index is 0.0938. The molecule has 0 radical (unpaired) electrons. The number of nitrogens with zero attached hydrogens (tertiary/aromatic N) is 2. The van der Waals surface area contributed by atoms with E-state index in [0.717, 1.165) is 16.2 Å². The van der Waals surface area contributed by atoms with E-state index in [1.165, 1.54) is 23.9 Å². The van der Waals surface area contributed by atoms with E-state index in [1.54, 1.807) is 5.38 Å². The molecule has 1 aromatic heterocycles. The lowest BCUT2D eigenvalue weighted by Gasteiger charge is -2.48. The summed E-state index contributed by atoms with van der Waals surface area (Å²) >= 11 is 2.47. The summed E-state index contributed by atoms with van der Waals surface area (Å²) in [6.07, 6.45) is 2.83. The molecule has 2 atom stereocenters. The number of carbonyl (C=O) groups is 4. The van der Waals surface area contributed by atoms with Gasteiger partial charge in [0.05, 0.1) is 11.3 Å². The number of anilines is 1. The predicted octanol–water partition coefficient (Wildman–Crippen LogP) is 0.342. The summed E-state index contributed by atoms with van der Waals surface area (Å²) in [6, 6.07) is -0.876. The zero-order chi connectivity index (χ0) is 20.4. The van der Waals surface area contributed by atoms with Crippen LogP contribution in [0.25, 0.3) is 5.57 Å². The largest absolute Gasteiger partial charge is 0.481 e. The van der Waals surface area contributed by atoms with Crippen molar-refractivity contribution < 1.29 is 29.4 Å². The number of β-lactam (4-membered cyclic amide) rings is 1. The summed E-state index contributed by atoms with van der Waals surface area (Å²) in [5.41, 5.74) is 5.93. The zero-order valence-corrected chi connectivity index (χ0v) is 16.0. The fourth-order valence-electron chi connectivity index (χ4n) is 2.82. The molecule has 28 heavy (non-hydrogen) atoms. The molecule has 0 unspecified atom stereocenters. The molecule has 0 bridgehead atoms. The summed E-state index contributed by atoms with van der Waals surface area (Å²) in [6.45, 7) is 0. The van der Waals surface area contributed by atoms with E-state index in [4.69, 9.17) is 10.8 Å². The number of allylic oxidation sites excluding steroid dienone is 1. The summed E-state index contributed by atoms with van der Waals surface area (Å²) in [7, 11) is 0. The molecular weight excluding hydrogens is 408 g/mol. The van der Waals surface area contributed by atoms with Crippen LogP contribution < -0.4 is 11.1 Å². The molecule has 10 nitrogen and oxygen atoms in total. The number of amides is 2. The quantitative estimate of drug-likeness (QED) is 0.357. The molecular formula is C16H16N4O6S2. The first-order valence-electron chi connectivity index (χ1n) is 8.12. The van der Waals surface area contributed by atoms with E-state index in [2.05, 4.69) is 10.3 Å². The highest BCUT2D eigenvalue weighted by Gasteiger charge is 2.52. The Labute approximate surface area is 167 Å². The van der Waals surface area contributed by atoms with Gasteiger partial charge in [-0.2, -0.15) is 0 Å². The topological polar surface area (TPSA) is 163 Å². The number of aromatic nitrogens is 1. The van der Waals surface area contributed by atoms with E-state index in [0.29, 0.717) is 5.75 Å². The number of hydrogen-bond donors (Lipinski definition) is 4. The van der Waals surface area contributed by atoms with E-state index >= 15 is 0 Å². The van der Waals surface area contributed by atoms with Gasteiger partial charge in [-0.15, -0.1) is 23.1 Å². The average molecular weight is 424 g/mol. The van der Waals surface area contributed by atoms with Gasteiger partial charge < -0.3 is 21.3 Å². The number of carbonyl (C=O) groups excluding carboxylic acids is 2. The molecule has 0 spiro atoms. The minimum atomic E-state index is -1.20. The maximum Gasteiger partial charge on any atom is 0.352 e. The molecule has 2 aliphatic rings. The molecule has 1 fully saturated rings. The second kappa shape index (κ2) is 8.02. The SMILES string of the molecule is Nc1nc(/C(=C\CCC(=O)O)C(=O)N[C@@H]2C(=O)N3C(C(=O)O)=CCS[C@H]23)cs1. The number of carboxylic acid groups (broad SMARTS) is 2. The molecule has 12 heteroatoms. The van der Waals surface area contributed by atoms with Crippen molar-refractivity contribution in [2.45, 2.75) is 24.3 Å². The van der Waals surface area contributed by atoms with Crippen molar-refractivity contribution in [3.05, 3.63) is 28.9 Å². The molecule has 1 aromatic rings. The van der Waals surface area contributed by atoms with Gasteiger partial charge in [0.2, 0.25) is 0 Å². The second-order valence-corrected chi connectivity index (χ2v) is 7.94. The first-order valence-corrected chi connectivity index (χ1v) is 10.0. The van der Waals surface area contributed by atoms with Crippen LogP contribution in [0.5, 0.6) is 0 Å². The summed E-state index contributed by atoms with van der Waals surface area (Å²) in [5, 5.41) is 21.9. The predicted molar refractivity (Wildman–Crippen MR) is 102 cm³/mol. The minimum Gasteiger partial charge on any atom is -0.481 e. The van der Waals surface area contributed by atoms with Crippen LogP contribution >= 0.6 is 23.1 Å². The second-order valence-electron chi connectivity index (χ2n) is 5.90. The molecule has 5 N–H and O–H groups in total. The molecule has 148 valence electrons. The third-order valence-corrected chi connectivity index (χ3v) is 5.96. The van der Waals surface area contributed by atoms with Crippen LogP contribution in [0.3, 0.4) is 0 Å². The first-order chi connectivity index (χ1) is 13.3. The summed E-state index contributed by atoms with van der Waals surface area (Å²) in [5.74, 6) is -2.91. The number of fused-ring (bicyclic) bond motifs is 1. The number of nitrogens with two attached hydrogens (primary N) is 1. The lowest BCUT2D eigenvalue weighted by atomic mass is 10.0. The molecule has 0 saturated carbocycles. The smallest absolute Gasteiger partial charge is 0.352 e. The molecule has 1 saturated heterocycles. The van der Waals surface area contributed by atoms with Crippen LogP contribution in [-0.2, 0) is 19.2 Å². The Balaban J connectivity index is 1.76. The van der Waals surface area contributed by atoms with Crippen LogP contribution in [0.15, 0.2) is 23.2 Å². The van der Waals surface area contributed by atoms with Crippen molar-refractivity contribution in [1.29, 1.82) is 0 Å². The lowest BCUT2D eigenvalue weighted by molar-refractivity contribution is -0.150. The number of nitrogen functional groups attached to an aromatic ring is 1. The van der Waals surface area contributed by atoms with Crippen molar-refractivity contribution in [2.75, 3.05) is 11.5 Å². The Bertz CT molecular complexity index is 909. The lowest BCUT2D eigenvalue weighted by Crippen LogP contribution is -2.70. The Morgan fingerprint density at radius 2 is 2.14 bits per heavy atom. The Morgan fingerprint density at radius 1 is 1.39 bits per heavy atom. The van der Waals surface area contributed by atoms with Gasteiger partial charge in [0.25, 0.3) is 11.8 Å². The number of thioether (sulfide) groups is 1. The highest BCUT2D eigenvalue weighted by atomic mass is 32.2.